The zero-order valence-corrected chi connectivity index (χ0v) is 22.2. The highest BCUT2D eigenvalue weighted by molar-refractivity contribution is 7.47. The Labute approximate surface area is 197 Å². The van der Waals surface area contributed by atoms with E-state index < -0.39 is 43.6 Å². The number of carbonyl (C=O) groups excluding carboxylic acids is 2. The van der Waals surface area contributed by atoms with E-state index in [9.17, 15) is 24.2 Å². The van der Waals surface area contributed by atoms with Crippen LogP contribution in [0.25, 0.3) is 0 Å². The molecule has 0 rings (SSSR count). The average Bonchev–Trinajstić information content (AvgIpc) is 2.67. The van der Waals surface area contributed by atoms with E-state index in [4.69, 9.17) is 13.9 Å². The molecule has 0 aliphatic heterocycles. The minimum absolute atomic E-state index is 0.000846. The van der Waals surface area contributed by atoms with E-state index in [1.807, 2.05) is 34.6 Å². The van der Waals surface area contributed by atoms with Gasteiger partial charge < -0.3 is 25.5 Å². The minimum atomic E-state index is -4.35. The first-order valence-corrected chi connectivity index (χ1v) is 12.5. The predicted octanol–water partition coefficient (Wildman–Crippen LogP) is 2.37. The van der Waals surface area contributed by atoms with Crippen molar-refractivity contribution in [2.24, 2.45) is 16.5 Å². The van der Waals surface area contributed by atoms with Crippen LogP contribution in [0.5, 0.6) is 0 Å². The van der Waals surface area contributed by atoms with Crippen LogP contribution >= 0.6 is 7.82 Å². The number of hydrogen-bond donors (Lipinski definition) is 4. The standard InChI is InChI=1S/C21H42N3O8P/c1-14(2)16(4)31-33(28,29)30-13-21(8,9)18(26)19(27)22-11-10-17(25)23-12-15(3)24-32-20(5,6)7/h14,16,18,26H,10-13H2,1-9H3,(H,22,27)(H,23,25)(H,28,29)/b24-15+. The number of carbonyl (C=O) groups is 2. The van der Waals surface area contributed by atoms with Gasteiger partial charge in [0.15, 0.2) is 0 Å². The van der Waals surface area contributed by atoms with Gasteiger partial charge in [0.25, 0.3) is 0 Å². The molecule has 0 saturated heterocycles. The molecule has 0 saturated carbocycles. The molecule has 0 heterocycles. The third-order valence-electron chi connectivity index (χ3n) is 4.49. The van der Waals surface area contributed by atoms with Crippen LogP contribution < -0.4 is 10.6 Å². The summed E-state index contributed by atoms with van der Waals surface area (Å²) >= 11 is 0. The lowest BCUT2D eigenvalue weighted by Gasteiger charge is -2.30. The third kappa shape index (κ3) is 14.4. The number of amides is 2. The fourth-order valence-electron chi connectivity index (χ4n) is 2.00. The fourth-order valence-corrected chi connectivity index (χ4v) is 3.22. The second-order valence-corrected chi connectivity index (χ2v) is 11.4. The van der Waals surface area contributed by atoms with Crippen molar-refractivity contribution in [3.8, 4) is 0 Å². The fraction of sp³-hybridized carbons (Fsp3) is 0.857. The Balaban J connectivity index is 4.48. The number of phosphoric ester groups is 1. The van der Waals surface area contributed by atoms with Crippen LogP contribution in [0.4, 0.5) is 0 Å². The Morgan fingerprint density at radius 3 is 2.18 bits per heavy atom. The molecule has 2 amide bonds. The summed E-state index contributed by atoms with van der Waals surface area (Å²) in [7, 11) is -4.35. The molecule has 194 valence electrons. The summed E-state index contributed by atoms with van der Waals surface area (Å²) < 4.78 is 22.1. The SMILES string of the molecule is C/C(CNC(=O)CCNC(=O)C(O)C(C)(C)COP(=O)(O)OC(C)C(C)C)=N\OC(C)(C)C. The molecule has 12 heteroatoms. The molecular formula is C21H42N3O8P. The number of phosphoric acid groups is 1. The van der Waals surface area contributed by atoms with E-state index in [1.54, 1.807) is 13.8 Å². The van der Waals surface area contributed by atoms with Crippen molar-refractivity contribution in [3.05, 3.63) is 0 Å². The van der Waals surface area contributed by atoms with Crippen molar-refractivity contribution in [3.63, 3.8) is 0 Å². The Morgan fingerprint density at radius 1 is 1.09 bits per heavy atom. The van der Waals surface area contributed by atoms with E-state index in [2.05, 4.69) is 15.8 Å². The third-order valence-corrected chi connectivity index (χ3v) is 5.55. The summed E-state index contributed by atoms with van der Waals surface area (Å²) in [4.78, 5) is 39.3. The van der Waals surface area contributed by atoms with Crippen LogP contribution in [-0.4, -0.2) is 65.0 Å². The van der Waals surface area contributed by atoms with E-state index in [0.717, 1.165) is 0 Å². The van der Waals surface area contributed by atoms with Gasteiger partial charge in [-0.3, -0.25) is 18.6 Å². The van der Waals surface area contributed by atoms with Crippen molar-refractivity contribution in [1.82, 2.24) is 10.6 Å². The number of aliphatic hydroxyl groups is 1. The van der Waals surface area contributed by atoms with Gasteiger partial charge in [-0.25, -0.2) is 4.57 Å². The molecule has 0 aromatic heterocycles. The van der Waals surface area contributed by atoms with Crippen LogP contribution in [0.2, 0.25) is 0 Å². The summed E-state index contributed by atoms with van der Waals surface area (Å²) in [6.45, 7) is 15.4. The van der Waals surface area contributed by atoms with E-state index in [1.165, 1.54) is 13.8 Å². The first kappa shape index (κ1) is 31.5. The van der Waals surface area contributed by atoms with Crippen LogP contribution in [0, 0.1) is 11.3 Å². The van der Waals surface area contributed by atoms with Crippen LogP contribution in [0.15, 0.2) is 5.16 Å². The van der Waals surface area contributed by atoms with Crippen LogP contribution in [0.1, 0.15) is 68.7 Å². The summed E-state index contributed by atoms with van der Waals surface area (Å²) in [5, 5.41) is 19.4. The zero-order valence-electron chi connectivity index (χ0n) is 21.3. The summed E-state index contributed by atoms with van der Waals surface area (Å²) in [6, 6.07) is 0. The second kappa shape index (κ2) is 13.4. The van der Waals surface area contributed by atoms with Gasteiger partial charge in [-0.1, -0.05) is 32.9 Å². The molecule has 11 nitrogen and oxygen atoms in total. The Bertz CT molecular complexity index is 719. The maximum atomic E-state index is 12.3. The Hall–Kier alpha value is -1.52. The van der Waals surface area contributed by atoms with Gasteiger partial charge in [-0.05, 0) is 40.5 Å². The number of aliphatic hydroxyl groups excluding tert-OH is 1. The van der Waals surface area contributed by atoms with Crippen molar-refractivity contribution in [2.45, 2.75) is 86.5 Å². The molecule has 0 aliphatic rings. The van der Waals surface area contributed by atoms with E-state index >= 15 is 0 Å². The van der Waals surface area contributed by atoms with Crippen LogP contribution in [0.3, 0.4) is 0 Å². The Kier molecular flexibility index (Phi) is 12.8. The highest BCUT2D eigenvalue weighted by Crippen LogP contribution is 2.47. The molecule has 3 atom stereocenters. The monoisotopic (exact) mass is 495 g/mol. The molecule has 4 N–H and O–H groups in total. The number of nitrogens with zero attached hydrogens (tertiary/aromatic N) is 1. The molecule has 0 aliphatic carbocycles. The normalized spacial score (nSPS) is 16.7. The second-order valence-electron chi connectivity index (χ2n) is 10.0. The number of hydrogen-bond acceptors (Lipinski definition) is 8. The quantitative estimate of drug-likeness (QED) is 0.163. The van der Waals surface area contributed by atoms with Gasteiger partial charge in [0, 0.05) is 18.4 Å². The van der Waals surface area contributed by atoms with Gasteiger partial charge in [0.2, 0.25) is 11.8 Å². The van der Waals surface area contributed by atoms with Gasteiger partial charge in [0.1, 0.15) is 11.7 Å². The molecule has 0 aromatic rings. The number of nitrogens with one attached hydrogen (secondary N) is 2. The highest BCUT2D eigenvalue weighted by Gasteiger charge is 2.37. The molecule has 3 unspecified atom stereocenters. The molecule has 0 fully saturated rings. The van der Waals surface area contributed by atoms with Gasteiger partial charge in [0.05, 0.1) is 25.0 Å². The van der Waals surface area contributed by atoms with E-state index in [-0.39, 0.29) is 31.3 Å². The number of oxime groups is 1. The molecule has 0 aromatic carbocycles. The largest absolute Gasteiger partial charge is 0.472 e. The first-order chi connectivity index (χ1) is 14.9. The topological polar surface area (TPSA) is 156 Å². The lowest BCUT2D eigenvalue weighted by molar-refractivity contribution is -0.137. The molecule has 33 heavy (non-hydrogen) atoms. The van der Waals surface area contributed by atoms with Crippen molar-refractivity contribution in [2.75, 3.05) is 19.7 Å². The Morgan fingerprint density at radius 2 is 1.67 bits per heavy atom. The maximum Gasteiger partial charge on any atom is 0.472 e. The van der Waals surface area contributed by atoms with Crippen LogP contribution in [-0.2, 0) is 28.0 Å². The van der Waals surface area contributed by atoms with Gasteiger partial charge >= 0.3 is 7.82 Å². The lowest BCUT2D eigenvalue weighted by Crippen LogP contribution is -2.46. The molecule has 0 bridgehead atoms. The number of rotatable bonds is 14. The van der Waals surface area contributed by atoms with Gasteiger partial charge in [-0.2, -0.15) is 0 Å². The van der Waals surface area contributed by atoms with Crippen molar-refractivity contribution >= 4 is 25.3 Å². The molecule has 0 radical (unpaired) electrons. The van der Waals surface area contributed by atoms with Gasteiger partial charge in [-0.15, -0.1) is 0 Å². The zero-order chi connectivity index (χ0) is 26.0. The summed E-state index contributed by atoms with van der Waals surface area (Å²) in [5.74, 6) is -1.03. The highest BCUT2D eigenvalue weighted by atomic mass is 31.2. The lowest BCUT2D eigenvalue weighted by atomic mass is 9.87. The maximum absolute atomic E-state index is 12.3. The molecular weight excluding hydrogens is 453 g/mol. The predicted molar refractivity (Wildman–Crippen MR) is 126 cm³/mol. The minimum Gasteiger partial charge on any atom is -0.390 e. The van der Waals surface area contributed by atoms with Crippen molar-refractivity contribution < 1.29 is 38.0 Å². The van der Waals surface area contributed by atoms with E-state index in [0.29, 0.717) is 5.71 Å². The summed E-state index contributed by atoms with van der Waals surface area (Å²) in [6.07, 6.45) is -2.05. The van der Waals surface area contributed by atoms with Crippen molar-refractivity contribution in [1.29, 1.82) is 0 Å². The molecule has 0 spiro atoms. The first-order valence-electron chi connectivity index (χ1n) is 11.0. The summed E-state index contributed by atoms with van der Waals surface area (Å²) in [5.41, 5.74) is -1.02. The average molecular weight is 496 g/mol. The smallest absolute Gasteiger partial charge is 0.390 e.